The molecule has 1 aromatic rings. The number of hydrogen-bond donors (Lipinski definition) is 2. The van der Waals surface area contributed by atoms with Gasteiger partial charge >= 0.3 is 0 Å². The molecule has 0 aliphatic rings. The molecule has 0 heterocycles. The summed E-state index contributed by atoms with van der Waals surface area (Å²) in [5.74, 6) is 0.359. The molecule has 0 unspecified atom stereocenters. The van der Waals surface area contributed by atoms with E-state index in [0.717, 1.165) is 11.4 Å². The van der Waals surface area contributed by atoms with Crippen molar-refractivity contribution in [3.63, 3.8) is 0 Å². The van der Waals surface area contributed by atoms with E-state index in [1.54, 1.807) is 13.2 Å². The van der Waals surface area contributed by atoms with E-state index in [1.165, 1.54) is 0 Å². The van der Waals surface area contributed by atoms with Gasteiger partial charge in [0.2, 0.25) is 5.91 Å². The molecular weight excluding hydrogens is 168 g/mol. The van der Waals surface area contributed by atoms with Gasteiger partial charge in [0.25, 0.3) is 0 Å². The molecule has 70 valence electrons. The highest BCUT2D eigenvalue weighted by Gasteiger charge is 1.96. The second-order valence-corrected chi connectivity index (χ2v) is 2.55. The molecular formula is C9H12N2O2. The Morgan fingerprint density at radius 2 is 2.38 bits per heavy atom. The minimum Gasteiger partial charge on any atom is -0.497 e. The first-order valence-electron chi connectivity index (χ1n) is 3.88. The SMILES string of the molecule is COc1cccc(NCC(N)=O)c1. The van der Waals surface area contributed by atoms with Gasteiger partial charge in [0, 0.05) is 11.8 Å². The van der Waals surface area contributed by atoms with E-state index in [4.69, 9.17) is 10.5 Å². The predicted octanol–water partition coefficient (Wildman–Crippen LogP) is 0.592. The number of anilines is 1. The zero-order valence-electron chi connectivity index (χ0n) is 7.41. The number of carbonyl (C=O) groups excluding carboxylic acids is 1. The summed E-state index contributed by atoms with van der Waals surface area (Å²) in [6.45, 7) is 0.132. The van der Waals surface area contributed by atoms with Crippen LogP contribution in [0.4, 0.5) is 5.69 Å². The van der Waals surface area contributed by atoms with Crippen molar-refractivity contribution in [2.75, 3.05) is 19.0 Å². The highest BCUT2D eigenvalue weighted by molar-refractivity contribution is 5.78. The summed E-state index contributed by atoms with van der Waals surface area (Å²) in [5, 5.41) is 2.86. The molecule has 0 aromatic heterocycles. The molecule has 0 saturated heterocycles. The lowest BCUT2D eigenvalue weighted by Crippen LogP contribution is -2.21. The maximum Gasteiger partial charge on any atom is 0.236 e. The van der Waals surface area contributed by atoms with Crippen LogP contribution in [-0.2, 0) is 4.79 Å². The van der Waals surface area contributed by atoms with Gasteiger partial charge < -0.3 is 15.8 Å². The summed E-state index contributed by atoms with van der Waals surface area (Å²) >= 11 is 0. The third-order valence-electron chi connectivity index (χ3n) is 1.54. The van der Waals surface area contributed by atoms with Crippen molar-refractivity contribution in [1.82, 2.24) is 0 Å². The van der Waals surface area contributed by atoms with Crippen LogP contribution in [0.2, 0.25) is 0 Å². The van der Waals surface area contributed by atoms with Crippen LogP contribution in [0, 0.1) is 0 Å². The third kappa shape index (κ3) is 3.02. The second kappa shape index (κ2) is 4.35. The number of hydrogen-bond acceptors (Lipinski definition) is 3. The van der Waals surface area contributed by atoms with Crippen LogP contribution < -0.4 is 15.8 Å². The molecule has 0 spiro atoms. The highest BCUT2D eigenvalue weighted by Crippen LogP contribution is 2.15. The van der Waals surface area contributed by atoms with Gasteiger partial charge in [0.05, 0.1) is 13.7 Å². The van der Waals surface area contributed by atoms with Crippen molar-refractivity contribution in [3.8, 4) is 5.75 Å². The molecule has 0 bridgehead atoms. The van der Waals surface area contributed by atoms with Crippen LogP contribution in [-0.4, -0.2) is 19.6 Å². The summed E-state index contributed by atoms with van der Waals surface area (Å²) in [6, 6.07) is 7.30. The first kappa shape index (κ1) is 9.38. The number of rotatable bonds is 4. The molecule has 0 atom stereocenters. The molecule has 1 aromatic carbocycles. The molecule has 4 nitrogen and oxygen atoms in total. The van der Waals surface area contributed by atoms with Crippen molar-refractivity contribution in [1.29, 1.82) is 0 Å². The second-order valence-electron chi connectivity index (χ2n) is 2.55. The monoisotopic (exact) mass is 180 g/mol. The molecule has 0 aliphatic carbocycles. The number of primary amides is 1. The maximum absolute atomic E-state index is 10.5. The first-order chi connectivity index (χ1) is 6.22. The Morgan fingerprint density at radius 1 is 1.62 bits per heavy atom. The molecule has 13 heavy (non-hydrogen) atoms. The summed E-state index contributed by atoms with van der Waals surface area (Å²) in [7, 11) is 1.59. The number of nitrogens with two attached hydrogens (primary N) is 1. The van der Waals surface area contributed by atoms with Crippen LogP contribution in [0.3, 0.4) is 0 Å². The van der Waals surface area contributed by atoms with Crippen molar-refractivity contribution in [2.45, 2.75) is 0 Å². The van der Waals surface area contributed by atoms with Crippen molar-refractivity contribution < 1.29 is 9.53 Å². The minimum atomic E-state index is -0.386. The van der Waals surface area contributed by atoms with E-state index in [2.05, 4.69) is 5.32 Å². The third-order valence-corrected chi connectivity index (χ3v) is 1.54. The normalized spacial score (nSPS) is 9.31. The number of nitrogens with one attached hydrogen (secondary N) is 1. The van der Waals surface area contributed by atoms with E-state index in [0.29, 0.717) is 0 Å². The van der Waals surface area contributed by atoms with Gasteiger partial charge in [-0.05, 0) is 12.1 Å². The predicted molar refractivity (Wildman–Crippen MR) is 50.7 cm³/mol. The van der Waals surface area contributed by atoms with Crippen molar-refractivity contribution in [2.24, 2.45) is 5.73 Å². The smallest absolute Gasteiger partial charge is 0.236 e. The quantitative estimate of drug-likeness (QED) is 0.712. The summed E-state index contributed by atoms with van der Waals surface area (Å²) in [6.07, 6.45) is 0. The number of ether oxygens (including phenoxy) is 1. The molecule has 0 radical (unpaired) electrons. The maximum atomic E-state index is 10.5. The first-order valence-corrected chi connectivity index (χ1v) is 3.88. The summed E-state index contributed by atoms with van der Waals surface area (Å²) in [5.41, 5.74) is 5.80. The molecule has 0 aliphatic heterocycles. The lowest BCUT2D eigenvalue weighted by molar-refractivity contribution is -0.116. The Morgan fingerprint density at radius 3 is 3.00 bits per heavy atom. The number of amides is 1. The Kier molecular flexibility index (Phi) is 3.14. The molecule has 0 saturated carbocycles. The number of carbonyl (C=O) groups is 1. The molecule has 1 amide bonds. The topological polar surface area (TPSA) is 64.3 Å². The van der Waals surface area contributed by atoms with E-state index in [1.807, 2.05) is 18.2 Å². The average molecular weight is 180 g/mol. The fourth-order valence-corrected chi connectivity index (χ4v) is 0.922. The Labute approximate surface area is 76.7 Å². The van der Waals surface area contributed by atoms with Gasteiger partial charge in [-0.1, -0.05) is 6.07 Å². The van der Waals surface area contributed by atoms with Gasteiger partial charge in [0.1, 0.15) is 5.75 Å². The molecule has 4 heteroatoms. The van der Waals surface area contributed by atoms with E-state index >= 15 is 0 Å². The fourth-order valence-electron chi connectivity index (χ4n) is 0.922. The van der Waals surface area contributed by atoms with E-state index in [9.17, 15) is 4.79 Å². The zero-order chi connectivity index (χ0) is 9.68. The molecule has 0 fully saturated rings. The Hall–Kier alpha value is -1.71. The average Bonchev–Trinajstić information content (AvgIpc) is 2.15. The Bertz CT molecular complexity index is 299. The number of methoxy groups -OCH3 is 1. The molecule has 1 rings (SSSR count). The van der Waals surface area contributed by atoms with Crippen LogP contribution in [0.1, 0.15) is 0 Å². The van der Waals surface area contributed by atoms with Gasteiger partial charge in [-0.15, -0.1) is 0 Å². The molecule has 3 N–H and O–H groups in total. The van der Waals surface area contributed by atoms with Crippen LogP contribution in [0.25, 0.3) is 0 Å². The van der Waals surface area contributed by atoms with Gasteiger partial charge in [-0.2, -0.15) is 0 Å². The van der Waals surface area contributed by atoms with Gasteiger partial charge in [-0.25, -0.2) is 0 Å². The lowest BCUT2D eigenvalue weighted by Gasteiger charge is -2.05. The van der Waals surface area contributed by atoms with E-state index < -0.39 is 0 Å². The van der Waals surface area contributed by atoms with Crippen molar-refractivity contribution in [3.05, 3.63) is 24.3 Å². The summed E-state index contributed by atoms with van der Waals surface area (Å²) in [4.78, 5) is 10.5. The van der Waals surface area contributed by atoms with Gasteiger partial charge in [0.15, 0.2) is 0 Å². The Balaban J connectivity index is 2.61. The summed E-state index contributed by atoms with van der Waals surface area (Å²) < 4.78 is 5.01. The standard InChI is InChI=1S/C9H12N2O2/c1-13-8-4-2-3-7(5-8)11-6-9(10)12/h2-5,11H,6H2,1H3,(H2,10,12). The van der Waals surface area contributed by atoms with Crippen LogP contribution >= 0.6 is 0 Å². The minimum absolute atomic E-state index is 0.132. The number of benzene rings is 1. The highest BCUT2D eigenvalue weighted by atomic mass is 16.5. The zero-order valence-corrected chi connectivity index (χ0v) is 7.41. The van der Waals surface area contributed by atoms with Crippen LogP contribution in [0.15, 0.2) is 24.3 Å². The largest absolute Gasteiger partial charge is 0.497 e. The van der Waals surface area contributed by atoms with Gasteiger partial charge in [-0.3, -0.25) is 4.79 Å². The fraction of sp³-hybridized carbons (Fsp3) is 0.222. The van der Waals surface area contributed by atoms with E-state index in [-0.39, 0.29) is 12.5 Å². The van der Waals surface area contributed by atoms with Crippen LogP contribution in [0.5, 0.6) is 5.75 Å². The van der Waals surface area contributed by atoms with Crippen molar-refractivity contribution >= 4 is 11.6 Å². The lowest BCUT2D eigenvalue weighted by atomic mass is 10.3.